The average molecular weight is 225 g/mol. The molecule has 15 heavy (non-hydrogen) atoms. The maximum Gasteiger partial charge on any atom is 0.323 e. The topological polar surface area (TPSA) is 83.4 Å². The minimum absolute atomic E-state index is 0.0668. The molecule has 1 heterocycles. The third-order valence-corrected chi connectivity index (χ3v) is 1.98. The Morgan fingerprint density at radius 1 is 1.67 bits per heavy atom. The molecule has 1 N–H and O–H groups in total. The number of terminal acetylenes is 1. The normalized spacial score (nSPS) is 9.27. The van der Waals surface area contributed by atoms with Crippen LogP contribution in [-0.2, 0) is 4.79 Å². The third-order valence-electron chi connectivity index (χ3n) is 1.47. The first-order chi connectivity index (χ1) is 7.15. The van der Waals surface area contributed by atoms with Crippen molar-refractivity contribution in [2.45, 2.75) is 0 Å². The van der Waals surface area contributed by atoms with E-state index >= 15 is 0 Å². The lowest BCUT2D eigenvalue weighted by molar-refractivity contribution is -0.137. The van der Waals surface area contributed by atoms with Crippen LogP contribution in [-0.4, -0.2) is 44.6 Å². The summed E-state index contributed by atoms with van der Waals surface area (Å²) in [6, 6.07) is 0. The molecular weight excluding hydrogens is 218 g/mol. The molecule has 0 fully saturated rings. The highest BCUT2D eigenvalue weighted by atomic mass is 32.1. The Morgan fingerprint density at radius 2 is 2.40 bits per heavy atom. The fraction of sp³-hybridized carbons (Fsp3) is 0.250. The van der Waals surface area contributed by atoms with Crippen molar-refractivity contribution in [2.24, 2.45) is 0 Å². The van der Waals surface area contributed by atoms with Gasteiger partial charge >= 0.3 is 5.97 Å². The summed E-state index contributed by atoms with van der Waals surface area (Å²) in [6.45, 7) is -0.511. The number of amides is 1. The first-order valence-electron chi connectivity index (χ1n) is 3.86. The Morgan fingerprint density at radius 3 is 2.87 bits per heavy atom. The summed E-state index contributed by atoms with van der Waals surface area (Å²) in [4.78, 5) is 23.1. The van der Waals surface area contributed by atoms with Gasteiger partial charge in [0.15, 0.2) is 5.69 Å². The highest BCUT2D eigenvalue weighted by Crippen LogP contribution is 2.02. The summed E-state index contributed by atoms with van der Waals surface area (Å²) in [5.41, 5.74) is 0.108. The van der Waals surface area contributed by atoms with Gasteiger partial charge in [-0.1, -0.05) is 10.4 Å². The van der Waals surface area contributed by atoms with Crippen LogP contribution in [0.3, 0.4) is 0 Å². The highest BCUT2D eigenvalue weighted by molar-refractivity contribution is 7.03. The van der Waals surface area contributed by atoms with Gasteiger partial charge in [-0.25, -0.2) is 0 Å². The van der Waals surface area contributed by atoms with Crippen LogP contribution >= 0.6 is 11.5 Å². The monoisotopic (exact) mass is 225 g/mol. The summed E-state index contributed by atoms with van der Waals surface area (Å²) < 4.78 is 3.51. The van der Waals surface area contributed by atoms with Crippen LogP contribution in [0, 0.1) is 12.3 Å². The first-order valence-corrected chi connectivity index (χ1v) is 4.70. The molecule has 0 aromatic carbocycles. The van der Waals surface area contributed by atoms with E-state index in [9.17, 15) is 9.59 Å². The number of hydrogen-bond donors (Lipinski definition) is 1. The molecule has 0 radical (unpaired) electrons. The van der Waals surface area contributed by atoms with Crippen LogP contribution < -0.4 is 0 Å². The summed E-state index contributed by atoms with van der Waals surface area (Å²) >= 11 is 1.01. The zero-order valence-electron chi connectivity index (χ0n) is 7.58. The second-order valence-electron chi connectivity index (χ2n) is 2.55. The second-order valence-corrected chi connectivity index (χ2v) is 3.16. The van der Waals surface area contributed by atoms with E-state index in [0.29, 0.717) is 0 Å². The number of aliphatic carboxylic acids is 1. The molecule has 1 aromatic rings. The van der Waals surface area contributed by atoms with Crippen molar-refractivity contribution in [2.75, 3.05) is 13.1 Å². The predicted molar refractivity (Wildman–Crippen MR) is 52.3 cm³/mol. The molecule has 0 saturated heterocycles. The van der Waals surface area contributed by atoms with E-state index in [2.05, 4.69) is 15.5 Å². The molecule has 0 bridgehead atoms. The molecule has 0 saturated carbocycles. The van der Waals surface area contributed by atoms with Gasteiger partial charge in [0.2, 0.25) is 0 Å². The van der Waals surface area contributed by atoms with Gasteiger partial charge in [-0.05, 0) is 11.5 Å². The summed E-state index contributed by atoms with van der Waals surface area (Å²) in [5.74, 6) is 0.566. The minimum atomic E-state index is -1.12. The number of aromatic nitrogens is 2. The summed E-state index contributed by atoms with van der Waals surface area (Å²) in [5, 5.41) is 13.5. The lowest BCUT2D eigenvalue weighted by Gasteiger charge is -2.15. The molecule has 0 aliphatic rings. The van der Waals surface area contributed by atoms with E-state index in [1.54, 1.807) is 0 Å². The van der Waals surface area contributed by atoms with E-state index in [1.165, 1.54) is 5.38 Å². The van der Waals surface area contributed by atoms with E-state index in [-0.39, 0.29) is 12.2 Å². The van der Waals surface area contributed by atoms with Crippen LogP contribution in [0.4, 0.5) is 0 Å². The Balaban J connectivity index is 2.76. The van der Waals surface area contributed by atoms with Crippen molar-refractivity contribution in [3.63, 3.8) is 0 Å². The van der Waals surface area contributed by atoms with Gasteiger partial charge in [0.05, 0.1) is 6.54 Å². The van der Waals surface area contributed by atoms with Gasteiger partial charge in [-0.15, -0.1) is 11.5 Å². The molecule has 1 aromatic heterocycles. The maximum atomic E-state index is 11.6. The standard InChI is InChI=1S/C8H7N3O3S/c1-2-3-11(4-7(12)13)8(14)6-5-15-10-9-6/h1,5H,3-4H2,(H,12,13). The first kappa shape index (κ1) is 11.1. The lowest BCUT2D eigenvalue weighted by atomic mass is 10.3. The fourth-order valence-electron chi connectivity index (χ4n) is 0.893. The molecule has 0 unspecified atom stereocenters. The number of nitrogens with zero attached hydrogens (tertiary/aromatic N) is 3. The number of hydrogen-bond acceptors (Lipinski definition) is 5. The Labute approximate surface area is 89.7 Å². The van der Waals surface area contributed by atoms with Gasteiger partial charge < -0.3 is 10.0 Å². The van der Waals surface area contributed by atoms with Gasteiger partial charge in [-0.3, -0.25) is 9.59 Å². The van der Waals surface area contributed by atoms with E-state index in [4.69, 9.17) is 11.5 Å². The molecular formula is C8H7N3O3S. The van der Waals surface area contributed by atoms with Crippen LogP contribution in [0.1, 0.15) is 10.5 Å². The molecule has 1 rings (SSSR count). The van der Waals surface area contributed by atoms with Gasteiger partial charge in [0.1, 0.15) is 6.54 Å². The van der Waals surface area contributed by atoms with E-state index in [1.807, 2.05) is 0 Å². The number of carbonyl (C=O) groups is 2. The number of carbonyl (C=O) groups excluding carboxylic acids is 1. The van der Waals surface area contributed by atoms with Crippen molar-refractivity contribution >= 4 is 23.4 Å². The molecule has 6 nitrogen and oxygen atoms in total. The molecule has 0 aliphatic heterocycles. The minimum Gasteiger partial charge on any atom is -0.480 e. The zero-order valence-corrected chi connectivity index (χ0v) is 8.40. The van der Waals surface area contributed by atoms with Gasteiger partial charge in [0, 0.05) is 5.38 Å². The Hall–Kier alpha value is -1.94. The zero-order chi connectivity index (χ0) is 11.3. The van der Waals surface area contributed by atoms with Gasteiger partial charge in [0.25, 0.3) is 5.91 Å². The van der Waals surface area contributed by atoms with Crippen molar-refractivity contribution in [3.05, 3.63) is 11.1 Å². The molecule has 78 valence electrons. The molecule has 1 amide bonds. The SMILES string of the molecule is C#CCN(CC(=O)O)C(=O)c1csnn1. The molecule has 0 spiro atoms. The average Bonchev–Trinajstić information content (AvgIpc) is 2.68. The van der Waals surface area contributed by atoms with Crippen LogP contribution in [0.25, 0.3) is 0 Å². The van der Waals surface area contributed by atoms with Crippen LogP contribution in [0.15, 0.2) is 5.38 Å². The fourth-order valence-corrected chi connectivity index (χ4v) is 1.32. The highest BCUT2D eigenvalue weighted by Gasteiger charge is 2.19. The van der Waals surface area contributed by atoms with Crippen LogP contribution in [0.5, 0.6) is 0 Å². The number of carboxylic acid groups (broad SMARTS) is 1. The summed E-state index contributed by atoms with van der Waals surface area (Å²) in [6.07, 6.45) is 5.03. The predicted octanol–water partition coefficient (Wildman–Crippen LogP) is -0.302. The molecule has 0 aliphatic carbocycles. The number of rotatable bonds is 4. The van der Waals surface area contributed by atoms with E-state index < -0.39 is 18.4 Å². The number of carboxylic acids is 1. The quantitative estimate of drug-likeness (QED) is 0.711. The molecule has 0 atom stereocenters. The molecule has 7 heteroatoms. The lowest BCUT2D eigenvalue weighted by Crippen LogP contribution is -2.36. The second kappa shape index (κ2) is 5.07. The van der Waals surface area contributed by atoms with Crippen molar-refractivity contribution in [1.29, 1.82) is 0 Å². The maximum absolute atomic E-state index is 11.6. The Kier molecular flexibility index (Phi) is 3.76. The summed E-state index contributed by atoms with van der Waals surface area (Å²) in [7, 11) is 0. The van der Waals surface area contributed by atoms with Crippen molar-refractivity contribution in [3.8, 4) is 12.3 Å². The van der Waals surface area contributed by atoms with E-state index in [0.717, 1.165) is 16.4 Å². The smallest absolute Gasteiger partial charge is 0.323 e. The Bertz CT molecular complexity index is 396. The largest absolute Gasteiger partial charge is 0.480 e. The van der Waals surface area contributed by atoms with Crippen molar-refractivity contribution in [1.82, 2.24) is 14.5 Å². The van der Waals surface area contributed by atoms with Gasteiger partial charge in [-0.2, -0.15) is 0 Å². The third kappa shape index (κ3) is 3.03. The van der Waals surface area contributed by atoms with Crippen LogP contribution in [0.2, 0.25) is 0 Å². The van der Waals surface area contributed by atoms with Crippen molar-refractivity contribution < 1.29 is 14.7 Å².